The number of ether oxygens (including phenoxy) is 4. The lowest BCUT2D eigenvalue weighted by atomic mass is 9.95. The van der Waals surface area contributed by atoms with Crippen molar-refractivity contribution < 1.29 is 28.5 Å². The molecule has 1 heterocycles. The summed E-state index contributed by atoms with van der Waals surface area (Å²) >= 11 is 0. The maximum Gasteiger partial charge on any atom is 0.338 e. The van der Waals surface area contributed by atoms with Crippen LogP contribution in [0.5, 0.6) is 17.2 Å². The smallest absolute Gasteiger partial charge is 0.338 e. The lowest BCUT2D eigenvalue weighted by molar-refractivity contribution is -0.138. The van der Waals surface area contributed by atoms with E-state index in [0.717, 1.165) is 0 Å². The molecular formula is C19H24N2O6. The molecule has 0 saturated carbocycles. The highest BCUT2D eigenvalue weighted by Gasteiger charge is 2.33. The molecule has 0 fully saturated rings. The second-order valence-corrected chi connectivity index (χ2v) is 5.70. The second kappa shape index (κ2) is 8.98. The van der Waals surface area contributed by atoms with E-state index in [1.165, 1.54) is 21.3 Å². The monoisotopic (exact) mass is 376 g/mol. The lowest BCUT2D eigenvalue weighted by Gasteiger charge is -2.28. The minimum Gasteiger partial charge on any atom is -0.493 e. The topological polar surface area (TPSA) is 95.1 Å². The third-order valence-corrected chi connectivity index (χ3v) is 4.06. The lowest BCUT2D eigenvalue weighted by Crippen LogP contribution is -2.45. The second-order valence-electron chi connectivity index (χ2n) is 5.70. The summed E-state index contributed by atoms with van der Waals surface area (Å²) in [4.78, 5) is 24.6. The molecular weight excluding hydrogens is 352 g/mol. The number of methoxy groups -OCH3 is 3. The van der Waals surface area contributed by atoms with Gasteiger partial charge in [0.1, 0.15) is 6.61 Å². The molecule has 8 heteroatoms. The van der Waals surface area contributed by atoms with Crippen molar-refractivity contribution in [3.05, 3.63) is 41.1 Å². The first-order valence-corrected chi connectivity index (χ1v) is 8.33. The van der Waals surface area contributed by atoms with Crippen LogP contribution in [-0.4, -0.2) is 39.9 Å². The fourth-order valence-corrected chi connectivity index (χ4v) is 2.78. The molecule has 0 radical (unpaired) electrons. The number of urea groups is 1. The molecule has 1 atom stereocenters. The average Bonchev–Trinajstić information content (AvgIpc) is 2.66. The molecule has 0 unspecified atom stereocenters. The Morgan fingerprint density at radius 3 is 2.30 bits per heavy atom. The molecule has 146 valence electrons. The van der Waals surface area contributed by atoms with Crippen molar-refractivity contribution in [2.24, 2.45) is 0 Å². The molecule has 8 nitrogen and oxygen atoms in total. The normalized spacial score (nSPS) is 16.6. The average molecular weight is 376 g/mol. The molecule has 1 aromatic carbocycles. The minimum atomic E-state index is -0.731. The minimum absolute atomic E-state index is 0.141. The summed E-state index contributed by atoms with van der Waals surface area (Å²) in [5, 5.41) is 5.35. The van der Waals surface area contributed by atoms with Gasteiger partial charge in [-0.25, -0.2) is 9.59 Å². The van der Waals surface area contributed by atoms with E-state index in [9.17, 15) is 9.59 Å². The molecule has 27 heavy (non-hydrogen) atoms. The Hall–Kier alpha value is -3.16. The van der Waals surface area contributed by atoms with Crippen molar-refractivity contribution in [3.63, 3.8) is 0 Å². The zero-order valence-electron chi connectivity index (χ0n) is 16.0. The molecule has 1 aliphatic heterocycles. The van der Waals surface area contributed by atoms with E-state index in [1.54, 1.807) is 31.2 Å². The Balaban J connectivity index is 2.51. The third-order valence-electron chi connectivity index (χ3n) is 4.06. The standard InChI is InChI=1S/C19H24N2O6/c1-6-7-8-27-18(22)15-11(2)20-19(23)21-16(15)12-9-13(24-3)17(26-5)14(10-12)25-4/h6-7,9-10,16H,8H2,1-5H3,(H2,20,21,23)/b7-6+/t16-/m1/s1. The zero-order chi connectivity index (χ0) is 20.0. The number of carbonyl (C=O) groups is 2. The number of esters is 1. The van der Waals surface area contributed by atoms with E-state index >= 15 is 0 Å². The van der Waals surface area contributed by atoms with Gasteiger partial charge in [0.25, 0.3) is 0 Å². The Morgan fingerprint density at radius 1 is 1.15 bits per heavy atom. The summed E-state index contributed by atoms with van der Waals surface area (Å²) in [6.07, 6.45) is 3.50. The van der Waals surface area contributed by atoms with Gasteiger partial charge in [0.15, 0.2) is 11.5 Å². The number of hydrogen-bond donors (Lipinski definition) is 2. The van der Waals surface area contributed by atoms with E-state index in [-0.39, 0.29) is 6.61 Å². The van der Waals surface area contributed by atoms with Gasteiger partial charge in [-0.05, 0) is 31.5 Å². The summed E-state index contributed by atoms with van der Waals surface area (Å²) in [7, 11) is 4.49. The van der Waals surface area contributed by atoms with Crippen molar-refractivity contribution >= 4 is 12.0 Å². The Bertz CT molecular complexity index is 759. The molecule has 0 bridgehead atoms. The Labute approximate surface area is 158 Å². The first kappa shape index (κ1) is 20.2. The number of hydrogen-bond acceptors (Lipinski definition) is 6. The highest BCUT2D eigenvalue weighted by Crippen LogP contribution is 2.41. The van der Waals surface area contributed by atoms with Gasteiger partial charge in [-0.3, -0.25) is 0 Å². The van der Waals surface area contributed by atoms with Crippen LogP contribution in [0.4, 0.5) is 4.79 Å². The van der Waals surface area contributed by atoms with Crippen LogP contribution in [0.2, 0.25) is 0 Å². The number of benzene rings is 1. The van der Waals surface area contributed by atoms with E-state index in [4.69, 9.17) is 18.9 Å². The largest absolute Gasteiger partial charge is 0.493 e. The fraction of sp³-hybridized carbons (Fsp3) is 0.368. The van der Waals surface area contributed by atoms with Crippen LogP contribution in [-0.2, 0) is 9.53 Å². The quantitative estimate of drug-likeness (QED) is 0.561. The first-order valence-electron chi connectivity index (χ1n) is 8.33. The van der Waals surface area contributed by atoms with E-state index in [1.807, 2.05) is 6.92 Å². The summed E-state index contributed by atoms with van der Waals surface area (Å²) in [5.41, 5.74) is 1.31. The molecule has 0 aromatic heterocycles. The van der Waals surface area contributed by atoms with Gasteiger partial charge < -0.3 is 29.6 Å². The Morgan fingerprint density at radius 2 is 1.78 bits per heavy atom. The number of nitrogens with one attached hydrogen (secondary N) is 2. The number of allylic oxidation sites excluding steroid dienone is 2. The van der Waals surface area contributed by atoms with E-state index < -0.39 is 18.0 Å². The molecule has 2 rings (SSSR count). The summed E-state index contributed by atoms with van der Waals surface area (Å²) in [6.45, 7) is 3.62. The van der Waals surface area contributed by atoms with Crippen LogP contribution in [0, 0.1) is 0 Å². The van der Waals surface area contributed by atoms with E-state index in [0.29, 0.717) is 34.1 Å². The van der Waals surface area contributed by atoms with Crippen molar-refractivity contribution in [2.75, 3.05) is 27.9 Å². The summed E-state index contributed by atoms with van der Waals surface area (Å²) in [6, 6.07) is 2.22. The third kappa shape index (κ3) is 4.33. The molecule has 1 aromatic rings. The summed E-state index contributed by atoms with van der Waals surface area (Å²) in [5.74, 6) is 0.719. The van der Waals surface area contributed by atoms with Crippen LogP contribution in [0.3, 0.4) is 0 Å². The Kier molecular flexibility index (Phi) is 6.70. The maximum atomic E-state index is 12.6. The number of amides is 2. The molecule has 0 saturated heterocycles. The van der Waals surface area contributed by atoms with Crippen molar-refractivity contribution in [2.45, 2.75) is 19.9 Å². The van der Waals surface area contributed by atoms with Crippen molar-refractivity contribution in [1.82, 2.24) is 10.6 Å². The predicted octanol–water partition coefficient (Wildman–Crippen LogP) is 2.46. The molecule has 2 N–H and O–H groups in total. The first-order chi connectivity index (χ1) is 13.0. The highest BCUT2D eigenvalue weighted by atomic mass is 16.5. The predicted molar refractivity (Wildman–Crippen MR) is 99.0 cm³/mol. The SMILES string of the molecule is C/C=C/COC(=O)C1=C(C)NC(=O)N[C@@H]1c1cc(OC)c(OC)c(OC)c1. The van der Waals surface area contributed by atoms with Crippen molar-refractivity contribution in [3.8, 4) is 17.2 Å². The molecule has 0 aliphatic carbocycles. The van der Waals surface area contributed by atoms with E-state index in [2.05, 4.69) is 10.6 Å². The van der Waals surface area contributed by atoms with Crippen LogP contribution >= 0.6 is 0 Å². The van der Waals surface area contributed by atoms with Gasteiger partial charge >= 0.3 is 12.0 Å². The molecule has 0 spiro atoms. The highest BCUT2D eigenvalue weighted by molar-refractivity contribution is 5.95. The molecule has 2 amide bonds. The van der Waals surface area contributed by atoms with Gasteiger partial charge in [-0.1, -0.05) is 12.2 Å². The van der Waals surface area contributed by atoms with Crippen LogP contribution in [0.15, 0.2) is 35.6 Å². The van der Waals surface area contributed by atoms with Gasteiger partial charge in [-0.15, -0.1) is 0 Å². The fourth-order valence-electron chi connectivity index (χ4n) is 2.78. The van der Waals surface area contributed by atoms with Crippen LogP contribution < -0.4 is 24.8 Å². The van der Waals surface area contributed by atoms with Crippen LogP contribution in [0.1, 0.15) is 25.5 Å². The number of carbonyl (C=O) groups excluding carboxylic acids is 2. The van der Waals surface area contributed by atoms with Crippen LogP contribution in [0.25, 0.3) is 0 Å². The number of rotatable bonds is 7. The van der Waals surface area contributed by atoms with Gasteiger partial charge in [0, 0.05) is 5.70 Å². The molecule has 1 aliphatic rings. The summed E-state index contributed by atoms with van der Waals surface area (Å²) < 4.78 is 21.3. The van der Waals surface area contributed by atoms with Gasteiger partial charge in [0.05, 0.1) is 32.9 Å². The maximum absolute atomic E-state index is 12.6. The van der Waals surface area contributed by atoms with Gasteiger partial charge in [-0.2, -0.15) is 0 Å². The zero-order valence-corrected chi connectivity index (χ0v) is 16.0. The van der Waals surface area contributed by atoms with Gasteiger partial charge in [0.2, 0.25) is 5.75 Å². The van der Waals surface area contributed by atoms with Crippen molar-refractivity contribution in [1.29, 1.82) is 0 Å².